The second kappa shape index (κ2) is 4.82. The quantitative estimate of drug-likeness (QED) is 0.474. The SMILES string of the molecule is O=Cc1cc([N+](=O)[O-])ccc1N1CCNC(=O)C1. The Balaban J connectivity index is 2.35. The van der Waals surface area contributed by atoms with Crippen molar-refractivity contribution in [3.8, 4) is 0 Å². The summed E-state index contributed by atoms with van der Waals surface area (Å²) in [6, 6.07) is 4.05. The standard InChI is InChI=1S/C11H11N3O4/c15-7-8-5-9(14(17)18)1-2-10(8)13-4-3-12-11(16)6-13/h1-2,5,7H,3-4,6H2,(H,12,16). The maximum absolute atomic E-state index is 11.3. The first-order valence-corrected chi connectivity index (χ1v) is 5.37. The van der Waals surface area contributed by atoms with Gasteiger partial charge in [-0.15, -0.1) is 0 Å². The van der Waals surface area contributed by atoms with Crippen molar-refractivity contribution in [2.24, 2.45) is 0 Å². The predicted molar refractivity (Wildman–Crippen MR) is 63.7 cm³/mol. The molecule has 18 heavy (non-hydrogen) atoms. The molecule has 0 radical (unpaired) electrons. The average molecular weight is 249 g/mol. The van der Waals surface area contributed by atoms with E-state index in [0.717, 1.165) is 0 Å². The first-order chi connectivity index (χ1) is 8.61. The van der Waals surface area contributed by atoms with Crippen LogP contribution in [0.4, 0.5) is 11.4 Å². The summed E-state index contributed by atoms with van der Waals surface area (Å²) in [6.07, 6.45) is 0.564. The number of non-ortho nitro benzene ring substituents is 1. The topological polar surface area (TPSA) is 92.5 Å². The van der Waals surface area contributed by atoms with Gasteiger partial charge in [0.15, 0.2) is 6.29 Å². The first-order valence-electron chi connectivity index (χ1n) is 5.37. The molecule has 1 N–H and O–H groups in total. The zero-order valence-corrected chi connectivity index (χ0v) is 9.46. The number of anilines is 1. The number of carbonyl (C=O) groups excluding carboxylic acids is 2. The number of piperazine rings is 1. The Bertz CT molecular complexity index is 515. The summed E-state index contributed by atoms with van der Waals surface area (Å²) >= 11 is 0. The van der Waals surface area contributed by atoms with Crippen LogP contribution in [0.2, 0.25) is 0 Å². The predicted octanol–water partition coefficient (Wildman–Crippen LogP) is 0.343. The molecule has 0 spiro atoms. The second-order valence-corrected chi connectivity index (χ2v) is 3.89. The van der Waals surface area contributed by atoms with Crippen LogP contribution in [-0.4, -0.2) is 36.8 Å². The molecule has 2 rings (SSSR count). The van der Waals surface area contributed by atoms with E-state index in [9.17, 15) is 19.7 Å². The van der Waals surface area contributed by atoms with Crippen molar-refractivity contribution < 1.29 is 14.5 Å². The Hall–Kier alpha value is -2.44. The van der Waals surface area contributed by atoms with Crippen LogP contribution in [0, 0.1) is 10.1 Å². The minimum absolute atomic E-state index is 0.128. The Labute approximate surface area is 103 Å². The highest BCUT2D eigenvalue weighted by Gasteiger charge is 2.20. The highest BCUT2D eigenvalue weighted by atomic mass is 16.6. The lowest BCUT2D eigenvalue weighted by atomic mass is 10.1. The van der Waals surface area contributed by atoms with E-state index in [-0.39, 0.29) is 23.7 Å². The Morgan fingerprint density at radius 3 is 2.83 bits per heavy atom. The Morgan fingerprint density at radius 1 is 1.44 bits per heavy atom. The van der Waals surface area contributed by atoms with Crippen molar-refractivity contribution in [1.29, 1.82) is 0 Å². The van der Waals surface area contributed by atoms with Gasteiger partial charge in [0.25, 0.3) is 5.69 Å². The van der Waals surface area contributed by atoms with Gasteiger partial charge in [0, 0.05) is 36.5 Å². The highest BCUT2D eigenvalue weighted by Crippen LogP contribution is 2.24. The number of hydrogen-bond acceptors (Lipinski definition) is 5. The molecule has 0 unspecified atom stereocenters. The van der Waals surface area contributed by atoms with E-state index in [1.54, 1.807) is 4.90 Å². The maximum atomic E-state index is 11.3. The van der Waals surface area contributed by atoms with Crippen LogP contribution in [-0.2, 0) is 4.79 Å². The molecule has 0 saturated carbocycles. The fourth-order valence-electron chi connectivity index (χ4n) is 1.88. The molecule has 0 aliphatic carbocycles. The van der Waals surface area contributed by atoms with Gasteiger partial charge in [-0.05, 0) is 6.07 Å². The second-order valence-electron chi connectivity index (χ2n) is 3.89. The lowest BCUT2D eigenvalue weighted by Crippen LogP contribution is -2.48. The van der Waals surface area contributed by atoms with Gasteiger partial charge < -0.3 is 10.2 Å². The van der Waals surface area contributed by atoms with Crippen molar-refractivity contribution in [1.82, 2.24) is 5.32 Å². The van der Waals surface area contributed by atoms with Gasteiger partial charge >= 0.3 is 0 Å². The summed E-state index contributed by atoms with van der Waals surface area (Å²) in [7, 11) is 0. The van der Waals surface area contributed by atoms with E-state index in [1.165, 1.54) is 18.2 Å². The van der Waals surface area contributed by atoms with Crippen molar-refractivity contribution in [3.63, 3.8) is 0 Å². The van der Waals surface area contributed by atoms with Crippen molar-refractivity contribution in [2.75, 3.05) is 24.5 Å². The largest absolute Gasteiger partial charge is 0.360 e. The summed E-state index contributed by atoms with van der Waals surface area (Å²) in [4.78, 5) is 34.0. The minimum atomic E-state index is -0.556. The van der Waals surface area contributed by atoms with Crippen molar-refractivity contribution >= 4 is 23.6 Å². The van der Waals surface area contributed by atoms with Gasteiger partial charge in [-0.1, -0.05) is 0 Å². The average Bonchev–Trinajstić information content (AvgIpc) is 2.37. The van der Waals surface area contributed by atoms with Crippen LogP contribution in [0.3, 0.4) is 0 Å². The Kier molecular flexibility index (Phi) is 3.22. The van der Waals surface area contributed by atoms with Crippen LogP contribution >= 0.6 is 0 Å². The highest BCUT2D eigenvalue weighted by molar-refractivity contribution is 5.89. The van der Waals surface area contributed by atoms with Gasteiger partial charge in [-0.3, -0.25) is 19.7 Å². The molecule has 7 nitrogen and oxygen atoms in total. The molecule has 1 fully saturated rings. The third-order valence-electron chi connectivity index (χ3n) is 2.73. The molecule has 1 saturated heterocycles. The number of hydrogen-bond donors (Lipinski definition) is 1. The molecular weight excluding hydrogens is 238 g/mol. The van der Waals surface area contributed by atoms with Crippen LogP contribution in [0.25, 0.3) is 0 Å². The molecule has 1 aliphatic heterocycles. The van der Waals surface area contributed by atoms with E-state index in [0.29, 0.717) is 25.1 Å². The number of nitro groups is 1. The summed E-state index contributed by atoms with van der Waals surface area (Å²) in [5, 5.41) is 13.3. The minimum Gasteiger partial charge on any atom is -0.360 e. The summed E-state index contributed by atoms with van der Waals surface area (Å²) in [5.74, 6) is -0.128. The van der Waals surface area contributed by atoms with Gasteiger partial charge in [0.1, 0.15) is 0 Å². The number of rotatable bonds is 3. The van der Waals surface area contributed by atoms with Gasteiger partial charge in [0.05, 0.1) is 11.5 Å². The lowest BCUT2D eigenvalue weighted by molar-refractivity contribution is -0.384. The number of carbonyl (C=O) groups is 2. The molecule has 1 aromatic rings. The van der Waals surface area contributed by atoms with E-state index in [4.69, 9.17) is 0 Å². The van der Waals surface area contributed by atoms with Gasteiger partial charge in [0.2, 0.25) is 5.91 Å². The summed E-state index contributed by atoms with van der Waals surface area (Å²) in [6.45, 7) is 1.22. The normalized spacial score (nSPS) is 15.1. The zero-order valence-electron chi connectivity index (χ0n) is 9.46. The first kappa shape index (κ1) is 12.0. The summed E-state index contributed by atoms with van der Waals surface area (Å²) < 4.78 is 0. The molecule has 1 aromatic carbocycles. The number of nitro benzene ring substituents is 1. The monoisotopic (exact) mass is 249 g/mol. The molecule has 1 aliphatic rings. The molecule has 0 atom stereocenters. The fourth-order valence-corrected chi connectivity index (χ4v) is 1.88. The van der Waals surface area contributed by atoms with Gasteiger partial charge in [-0.25, -0.2) is 0 Å². The molecular formula is C11H11N3O4. The maximum Gasteiger partial charge on any atom is 0.270 e. The molecule has 7 heteroatoms. The van der Waals surface area contributed by atoms with Crippen molar-refractivity contribution in [3.05, 3.63) is 33.9 Å². The van der Waals surface area contributed by atoms with Crippen LogP contribution < -0.4 is 10.2 Å². The van der Waals surface area contributed by atoms with E-state index in [2.05, 4.69) is 5.32 Å². The van der Waals surface area contributed by atoms with Crippen LogP contribution in [0.5, 0.6) is 0 Å². The number of amides is 1. The third kappa shape index (κ3) is 2.29. The number of aldehydes is 1. The Morgan fingerprint density at radius 2 is 2.22 bits per heavy atom. The summed E-state index contributed by atoms with van der Waals surface area (Å²) in [5.41, 5.74) is 0.631. The molecule has 1 amide bonds. The van der Waals surface area contributed by atoms with Crippen LogP contribution in [0.15, 0.2) is 18.2 Å². The number of nitrogens with zero attached hydrogens (tertiary/aromatic N) is 2. The third-order valence-corrected chi connectivity index (χ3v) is 2.73. The smallest absolute Gasteiger partial charge is 0.270 e. The number of benzene rings is 1. The molecule has 1 heterocycles. The molecule has 0 aromatic heterocycles. The van der Waals surface area contributed by atoms with Gasteiger partial charge in [-0.2, -0.15) is 0 Å². The van der Waals surface area contributed by atoms with E-state index >= 15 is 0 Å². The molecule has 94 valence electrons. The van der Waals surface area contributed by atoms with Crippen molar-refractivity contribution in [2.45, 2.75) is 0 Å². The van der Waals surface area contributed by atoms with E-state index in [1.807, 2.05) is 0 Å². The molecule has 0 bridgehead atoms. The fraction of sp³-hybridized carbons (Fsp3) is 0.273. The number of nitrogens with one attached hydrogen (secondary N) is 1. The van der Waals surface area contributed by atoms with Crippen LogP contribution in [0.1, 0.15) is 10.4 Å². The zero-order chi connectivity index (χ0) is 13.1. The van der Waals surface area contributed by atoms with E-state index < -0.39 is 4.92 Å². The lowest BCUT2D eigenvalue weighted by Gasteiger charge is -2.29.